The minimum Gasteiger partial charge on any atom is -0.315 e. The SMILES string of the molecule is C#CCN(CC1CC1)C(CC)CNCCC. The van der Waals surface area contributed by atoms with Crippen molar-refractivity contribution < 1.29 is 0 Å². The summed E-state index contributed by atoms with van der Waals surface area (Å²) in [5.74, 6) is 3.73. The third kappa shape index (κ3) is 5.01. The largest absolute Gasteiger partial charge is 0.315 e. The number of rotatable bonds is 9. The van der Waals surface area contributed by atoms with E-state index in [2.05, 4.69) is 30.0 Å². The van der Waals surface area contributed by atoms with Crippen LogP contribution in [0.1, 0.15) is 39.5 Å². The summed E-state index contributed by atoms with van der Waals surface area (Å²) < 4.78 is 0. The first-order chi connectivity index (χ1) is 7.81. The average molecular weight is 222 g/mol. The number of nitrogens with one attached hydrogen (secondary N) is 1. The van der Waals surface area contributed by atoms with Crippen molar-refractivity contribution in [3.05, 3.63) is 0 Å². The third-order valence-electron chi connectivity index (χ3n) is 3.28. The lowest BCUT2D eigenvalue weighted by atomic mass is 10.1. The lowest BCUT2D eigenvalue weighted by Gasteiger charge is -2.29. The fourth-order valence-electron chi connectivity index (χ4n) is 2.07. The Bertz CT molecular complexity index is 215. The zero-order chi connectivity index (χ0) is 11.8. The highest BCUT2D eigenvalue weighted by molar-refractivity contribution is 4.92. The summed E-state index contributed by atoms with van der Waals surface area (Å²) in [7, 11) is 0. The minimum atomic E-state index is 0.614. The number of hydrogen-bond acceptors (Lipinski definition) is 2. The average Bonchev–Trinajstić information content (AvgIpc) is 3.08. The van der Waals surface area contributed by atoms with Gasteiger partial charge in [0.25, 0.3) is 0 Å². The van der Waals surface area contributed by atoms with E-state index in [0.29, 0.717) is 6.04 Å². The van der Waals surface area contributed by atoms with Gasteiger partial charge < -0.3 is 5.32 Å². The molecule has 2 nitrogen and oxygen atoms in total. The Morgan fingerprint density at radius 1 is 1.44 bits per heavy atom. The molecule has 0 amide bonds. The predicted molar refractivity (Wildman–Crippen MR) is 70.4 cm³/mol. The summed E-state index contributed by atoms with van der Waals surface area (Å²) in [6.07, 6.45) is 10.7. The summed E-state index contributed by atoms with van der Waals surface area (Å²) in [6.45, 7) is 8.67. The lowest BCUT2D eigenvalue weighted by molar-refractivity contribution is 0.201. The van der Waals surface area contributed by atoms with E-state index in [1.807, 2.05) is 0 Å². The van der Waals surface area contributed by atoms with Gasteiger partial charge in [0, 0.05) is 19.1 Å². The van der Waals surface area contributed by atoms with Crippen LogP contribution in [0.3, 0.4) is 0 Å². The van der Waals surface area contributed by atoms with Crippen LogP contribution in [0.4, 0.5) is 0 Å². The second-order valence-electron chi connectivity index (χ2n) is 4.84. The molecule has 0 aliphatic heterocycles. The molecule has 1 unspecified atom stereocenters. The van der Waals surface area contributed by atoms with E-state index in [-0.39, 0.29) is 0 Å². The highest BCUT2D eigenvalue weighted by atomic mass is 15.2. The molecule has 92 valence electrons. The quantitative estimate of drug-likeness (QED) is 0.475. The second kappa shape index (κ2) is 7.70. The molecular formula is C14H26N2. The Hall–Kier alpha value is -0.520. The van der Waals surface area contributed by atoms with Crippen LogP contribution in [0.25, 0.3) is 0 Å². The molecule has 1 N–H and O–H groups in total. The van der Waals surface area contributed by atoms with Crippen LogP contribution in [-0.2, 0) is 0 Å². The fourth-order valence-corrected chi connectivity index (χ4v) is 2.07. The van der Waals surface area contributed by atoms with Gasteiger partial charge in [-0.15, -0.1) is 6.42 Å². The van der Waals surface area contributed by atoms with Crippen molar-refractivity contribution in [3.63, 3.8) is 0 Å². The summed E-state index contributed by atoms with van der Waals surface area (Å²) in [5, 5.41) is 3.51. The summed E-state index contributed by atoms with van der Waals surface area (Å²) in [5.41, 5.74) is 0. The maximum Gasteiger partial charge on any atom is 0.0601 e. The van der Waals surface area contributed by atoms with Crippen LogP contribution in [0.2, 0.25) is 0 Å². The molecule has 1 rings (SSSR count). The zero-order valence-electron chi connectivity index (χ0n) is 10.8. The minimum absolute atomic E-state index is 0.614. The van der Waals surface area contributed by atoms with Crippen LogP contribution in [0, 0.1) is 18.3 Å². The van der Waals surface area contributed by atoms with Gasteiger partial charge in [0.1, 0.15) is 0 Å². The number of terminal acetylenes is 1. The van der Waals surface area contributed by atoms with E-state index in [1.165, 1.54) is 32.2 Å². The first-order valence-electron chi connectivity index (χ1n) is 6.70. The number of nitrogens with zero attached hydrogens (tertiary/aromatic N) is 1. The Labute approximate surface area is 101 Å². The Balaban J connectivity index is 2.33. The predicted octanol–water partition coefficient (Wildman–Crippen LogP) is 2.11. The van der Waals surface area contributed by atoms with Crippen molar-refractivity contribution in [3.8, 4) is 12.3 Å². The third-order valence-corrected chi connectivity index (χ3v) is 3.28. The maximum absolute atomic E-state index is 5.46. The van der Waals surface area contributed by atoms with Crippen molar-refractivity contribution in [2.75, 3.05) is 26.2 Å². The molecule has 0 aromatic carbocycles. The van der Waals surface area contributed by atoms with Gasteiger partial charge in [-0.3, -0.25) is 4.90 Å². The van der Waals surface area contributed by atoms with Gasteiger partial charge in [0.15, 0.2) is 0 Å². The normalized spacial score (nSPS) is 17.4. The summed E-state index contributed by atoms with van der Waals surface area (Å²) in [6, 6.07) is 0.614. The Morgan fingerprint density at radius 2 is 2.19 bits per heavy atom. The molecular weight excluding hydrogens is 196 g/mol. The van der Waals surface area contributed by atoms with E-state index < -0.39 is 0 Å². The Kier molecular flexibility index (Phi) is 6.52. The molecule has 2 heteroatoms. The molecule has 0 aromatic rings. The first-order valence-corrected chi connectivity index (χ1v) is 6.70. The van der Waals surface area contributed by atoms with E-state index in [1.54, 1.807) is 0 Å². The van der Waals surface area contributed by atoms with Crippen LogP contribution < -0.4 is 5.32 Å². The topological polar surface area (TPSA) is 15.3 Å². The molecule has 0 bridgehead atoms. The molecule has 0 saturated heterocycles. The molecule has 0 spiro atoms. The first kappa shape index (κ1) is 13.5. The van der Waals surface area contributed by atoms with Gasteiger partial charge in [0.05, 0.1) is 6.54 Å². The van der Waals surface area contributed by atoms with Gasteiger partial charge in [-0.1, -0.05) is 19.8 Å². The van der Waals surface area contributed by atoms with Gasteiger partial charge >= 0.3 is 0 Å². The molecule has 1 aliphatic carbocycles. The second-order valence-corrected chi connectivity index (χ2v) is 4.84. The van der Waals surface area contributed by atoms with Crippen molar-refractivity contribution in [2.45, 2.75) is 45.6 Å². The van der Waals surface area contributed by atoms with E-state index >= 15 is 0 Å². The smallest absolute Gasteiger partial charge is 0.0601 e. The van der Waals surface area contributed by atoms with E-state index in [4.69, 9.17) is 6.42 Å². The van der Waals surface area contributed by atoms with Crippen molar-refractivity contribution in [1.29, 1.82) is 0 Å². The van der Waals surface area contributed by atoms with Crippen molar-refractivity contribution in [1.82, 2.24) is 10.2 Å². The zero-order valence-corrected chi connectivity index (χ0v) is 10.8. The molecule has 1 saturated carbocycles. The van der Waals surface area contributed by atoms with E-state index in [9.17, 15) is 0 Å². The monoisotopic (exact) mass is 222 g/mol. The van der Waals surface area contributed by atoms with Crippen LogP contribution >= 0.6 is 0 Å². The van der Waals surface area contributed by atoms with Gasteiger partial charge in [-0.2, -0.15) is 0 Å². The number of hydrogen-bond donors (Lipinski definition) is 1. The van der Waals surface area contributed by atoms with Crippen molar-refractivity contribution in [2.24, 2.45) is 5.92 Å². The summed E-state index contributed by atoms with van der Waals surface area (Å²) in [4.78, 5) is 2.49. The van der Waals surface area contributed by atoms with Crippen LogP contribution in [0.5, 0.6) is 0 Å². The van der Waals surface area contributed by atoms with E-state index in [0.717, 1.165) is 25.6 Å². The molecule has 16 heavy (non-hydrogen) atoms. The molecule has 1 aliphatic rings. The molecule has 0 aromatic heterocycles. The highest BCUT2D eigenvalue weighted by Crippen LogP contribution is 2.30. The molecule has 0 heterocycles. The van der Waals surface area contributed by atoms with Crippen molar-refractivity contribution >= 4 is 0 Å². The molecule has 0 radical (unpaired) electrons. The standard InChI is InChI=1S/C14H26N2/c1-4-9-15-11-14(6-3)16(10-5-2)12-13-7-8-13/h2,13-15H,4,6-12H2,1,3H3. The van der Waals surface area contributed by atoms with Crippen LogP contribution in [0.15, 0.2) is 0 Å². The maximum atomic E-state index is 5.46. The highest BCUT2D eigenvalue weighted by Gasteiger charge is 2.26. The lowest BCUT2D eigenvalue weighted by Crippen LogP contribution is -2.43. The van der Waals surface area contributed by atoms with Gasteiger partial charge in [-0.05, 0) is 38.1 Å². The van der Waals surface area contributed by atoms with Gasteiger partial charge in [0.2, 0.25) is 0 Å². The summed E-state index contributed by atoms with van der Waals surface area (Å²) >= 11 is 0. The fraction of sp³-hybridized carbons (Fsp3) is 0.857. The van der Waals surface area contributed by atoms with Crippen LogP contribution in [-0.4, -0.2) is 37.1 Å². The van der Waals surface area contributed by atoms with Gasteiger partial charge in [-0.25, -0.2) is 0 Å². The molecule has 1 fully saturated rings. The Morgan fingerprint density at radius 3 is 2.69 bits per heavy atom. The molecule has 1 atom stereocenters.